The fraction of sp³-hybridized carbons (Fsp3) is 0.529. The minimum absolute atomic E-state index is 0.755. The molecule has 0 bridgehead atoms. The average molecular weight is 256 g/mol. The predicted molar refractivity (Wildman–Crippen MR) is 82.8 cm³/mol. The zero-order valence-electron chi connectivity index (χ0n) is 12.1. The molecule has 0 amide bonds. The van der Waals surface area contributed by atoms with Gasteiger partial charge in [0.2, 0.25) is 0 Å². The molecule has 1 aromatic rings. The summed E-state index contributed by atoms with van der Waals surface area (Å²) in [6, 6.07) is 9.64. The normalized spacial score (nSPS) is 22.7. The van der Waals surface area contributed by atoms with Crippen LogP contribution in [0.4, 0.5) is 11.4 Å². The van der Waals surface area contributed by atoms with E-state index in [0.29, 0.717) is 0 Å². The van der Waals surface area contributed by atoms with Crippen LogP contribution in [0.2, 0.25) is 0 Å². The molecule has 2 aliphatic rings. The molecule has 102 valence electrons. The van der Waals surface area contributed by atoms with E-state index in [1.54, 1.807) is 0 Å². The molecule has 1 aromatic carbocycles. The first-order valence-corrected chi connectivity index (χ1v) is 7.56. The lowest BCUT2D eigenvalue weighted by Crippen LogP contribution is -2.33. The molecule has 1 heterocycles. The molecule has 0 atom stereocenters. The highest BCUT2D eigenvalue weighted by Gasteiger charge is 2.27. The highest BCUT2D eigenvalue weighted by molar-refractivity contribution is 5.74. The SMILES string of the molecule is C/C=C1/CCN(C2CCCC2)c2ccccc2N1C. The minimum Gasteiger partial charge on any atom is -0.366 e. The maximum absolute atomic E-state index is 2.66. The summed E-state index contributed by atoms with van der Waals surface area (Å²) in [6.45, 7) is 3.31. The number of benzene rings is 1. The van der Waals surface area contributed by atoms with Crippen LogP contribution in [0.15, 0.2) is 36.0 Å². The second-order valence-electron chi connectivity index (χ2n) is 5.71. The van der Waals surface area contributed by atoms with E-state index in [1.807, 2.05) is 0 Å². The standard InChI is InChI=1S/C17H24N2/c1-3-14-12-13-19(15-8-4-5-9-15)17-11-7-6-10-16(17)18(14)2/h3,6-7,10-11,15H,4-5,8-9,12-13H2,1-2H3/b14-3-. The topological polar surface area (TPSA) is 6.48 Å². The van der Waals surface area contributed by atoms with Gasteiger partial charge in [-0.25, -0.2) is 0 Å². The lowest BCUT2D eigenvalue weighted by molar-refractivity contribution is 0.608. The molecule has 1 aliphatic heterocycles. The van der Waals surface area contributed by atoms with Crippen molar-refractivity contribution < 1.29 is 0 Å². The number of para-hydroxylation sites is 2. The first kappa shape index (κ1) is 12.6. The van der Waals surface area contributed by atoms with E-state index in [2.05, 4.69) is 54.1 Å². The smallest absolute Gasteiger partial charge is 0.0643 e. The van der Waals surface area contributed by atoms with E-state index < -0.39 is 0 Å². The summed E-state index contributed by atoms with van der Waals surface area (Å²) in [6.07, 6.45) is 8.94. The Morgan fingerprint density at radius 3 is 2.47 bits per heavy atom. The van der Waals surface area contributed by atoms with Crippen LogP contribution in [-0.2, 0) is 0 Å². The second kappa shape index (κ2) is 5.28. The van der Waals surface area contributed by atoms with Crippen LogP contribution in [0.5, 0.6) is 0 Å². The summed E-state index contributed by atoms with van der Waals surface area (Å²) in [5.41, 5.74) is 4.22. The number of anilines is 2. The molecule has 0 radical (unpaired) electrons. The van der Waals surface area contributed by atoms with Gasteiger partial charge in [0.05, 0.1) is 11.4 Å². The summed E-state index contributed by atoms with van der Waals surface area (Å²) in [5, 5.41) is 0. The summed E-state index contributed by atoms with van der Waals surface area (Å²) in [4.78, 5) is 5.03. The fourth-order valence-electron chi connectivity index (χ4n) is 3.60. The number of rotatable bonds is 1. The molecule has 19 heavy (non-hydrogen) atoms. The van der Waals surface area contributed by atoms with Gasteiger partial charge < -0.3 is 9.80 Å². The number of allylic oxidation sites excluding steroid dienone is 1. The first-order chi connectivity index (χ1) is 9.31. The third kappa shape index (κ3) is 2.24. The van der Waals surface area contributed by atoms with Crippen LogP contribution in [0.1, 0.15) is 39.0 Å². The van der Waals surface area contributed by atoms with E-state index in [1.165, 1.54) is 42.8 Å². The third-order valence-electron chi connectivity index (χ3n) is 4.69. The van der Waals surface area contributed by atoms with Crippen molar-refractivity contribution in [1.29, 1.82) is 0 Å². The number of hydrogen-bond acceptors (Lipinski definition) is 2. The molecule has 0 spiro atoms. The molecule has 1 saturated carbocycles. The van der Waals surface area contributed by atoms with Crippen molar-refractivity contribution in [3.63, 3.8) is 0 Å². The Bertz CT molecular complexity index is 472. The van der Waals surface area contributed by atoms with E-state index in [0.717, 1.165) is 19.0 Å². The molecule has 3 rings (SSSR count). The van der Waals surface area contributed by atoms with Crippen molar-refractivity contribution in [2.75, 3.05) is 23.4 Å². The monoisotopic (exact) mass is 256 g/mol. The largest absolute Gasteiger partial charge is 0.366 e. The van der Waals surface area contributed by atoms with Gasteiger partial charge in [0, 0.05) is 31.8 Å². The van der Waals surface area contributed by atoms with Crippen LogP contribution in [0.3, 0.4) is 0 Å². The van der Waals surface area contributed by atoms with Gasteiger partial charge in [-0.05, 0) is 31.9 Å². The van der Waals surface area contributed by atoms with Crippen LogP contribution in [-0.4, -0.2) is 19.6 Å². The second-order valence-corrected chi connectivity index (χ2v) is 5.71. The van der Waals surface area contributed by atoms with Gasteiger partial charge >= 0.3 is 0 Å². The fourth-order valence-corrected chi connectivity index (χ4v) is 3.60. The number of nitrogens with zero attached hydrogens (tertiary/aromatic N) is 2. The van der Waals surface area contributed by atoms with E-state index in [-0.39, 0.29) is 0 Å². The maximum Gasteiger partial charge on any atom is 0.0643 e. The van der Waals surface area contributed by atoms with E-state index >= 15 is 0 Å². The Labute approximate surface area is 116 Å². The molecule has 1 aliphatic carbocycles. The highest BCUT2D eigenvalue weighted by atomic mass is 15.2. The molecule has 2 nitrogen and oxygen atoms in total. The summed E-state index contributed by atoms with van der Waals surface area (Å²) >= 11 is 0. The molecule has 0 N–H and O–H groups in total. The summed E-state index contributed by atoms with van der Waals surface area (Å²) in [5.74, 6) is 0. The van der Waals surface area contributed by atoms with Crippen molar-refractivity contribution in [1.82, 2.24) is 0 Å². The Balaban J connectivity index is 2.01. The quantitative estimate of drug-likeness (QED) is 0.743. The van der Waals surface area contributed by atoms with Crippen LogP contribution >= 0.6 is 0 Å². The Hall–Kier alpha value is -1.44. The molecule has 0 saturated heterocycles. The van der Waals surface area contributed by atoms with Gasteiger partial charge in [-0.3, -0.25) is 0 Å². The van der Waals surface area contributed by atoms with Crippen LogP contribution in [0, 0.1) is 0 Å². The zero-order valence-corrected chi connectivity index (χ0v) is 12.1. The molecule has 0 unspecified atom stereocenters. The van der Waals surface area contributed by atoms with Crippen molar-refractivity contribution in [2.45, 2.75) is 45.1 Å². The number of hydrogen-bond donors (Lipinski definition) is 0. The predicted octanol–water partition coefficient (Wildman–Crippen LogP) is 4.18. The lowest BCUT2D eigenvalue weighted by Gasteiger charge is -2.31. The van der Waals surface area contributed by atoms with Crippen molar-refractivity contribution in [2.24, 2.45) is 0 Å². The van der Waals surface area contributed by atoms with E-state index in [4.69, 9.17) is 0 Å². The Morgan fingerprint density at radius 1 is 1.11 bits per heavy atom. The molecular formula is C17H24N2. The van der Waals surface area contributed by atoms with Crippen molar-refractivity contribution >= 4 is 11.4 Å². The van der Waals surface area contributed by atoms with Crippen LogP contribution < -0.4 is 9.80 Å². The third-order valence-corrected chi connectivity index (χ3v) is 4.69. The van der Waals surface area contributed by atoms with E-state index in [9.17, 15) is 0 Å². The Morgan fingerprint density at radius 2 is 1.79 bits per heavy atom. The van der Waals surface area contributed by atoms with Gasteiger partial charge in [0.1, 0.15) is 0 Å². The average Bonchev–Trinajstić information content (AvgIpc) is 2.93. The van der Waals surface area contributed by atoms with Crippen molar-refractivity contribution in [3.8, 4) is 0 Å². The highest BCUT2D eigenvalue weighted by Crippen LogP contribution is 2.38. The van der Waals surface area contributed by atoms with Crippen molar-refractivity contribution in [3.05, 3.63) is 36.0 Å². The zero-order chi connectivity index (χ0) is 13.2. The van der Waals surface area contributed by atoms with Gasteiger partial charge in [-0.1, -0.05) is 31.1 Å². The molecule has 1 fully saturated rings. The lowest BCUT2D eigenvalue weighted by atomic mass is 10.1. The summed E-state index contributed by atoms with van der Waals surface area (Å²) in [7, 11) is 2.20. The van der Waals surface area contributed by atoms with Gasteiger partial charge in [-0.2, -0.15) is 0 Å². The molecule has 0 aromatic heterocycles. The maximum atomic E-state index is 2.66. The molecular weight excluding hydrogens is 232 g/mol. The van der Waals surface area contributed by atoms with Crippen LogP contribution in [0.25, 0.3) is 0 Å². The minimum atomic E-state index is 0.755. The Kier molecular flexibility index (Phi) is 3.50. The first-order valence-electron chi connectivity index (χ1n) is 7.56. The van der Waals surface area contributed by atoms with Gasteiger partial charge in [0.15, 0.2) is 0 Å². The molecule has 2 heteroatoms. The van der Waals surface area contributed by atoms with Gasteiger partial charge in [-0.15, -0.1) is 0 Å². The van der Waals surface area contributed by atoms with Gasteiger partial charge in [0.25, 0.3) is 0 Å². The number of fused-ring (bicyclic) bond motifs is 1. The summed E-state index contributed by atoms with van der Waals surface area (Å²) < 4.78 is 0.